The zero-order valence-corrected chi connectivity index (χ0v) is 12.1. The first-order chi connectivity index (χ1) is 7.20. The normalized spacial score (nSPS) is 44.8. The maximum atomic E-state index is 2.51. The standard InChI is InChI=1S/C16H28/c1-10(2)11(3)16(7)9-15(5,6)14-8-13(14)12(16)4/h12-14H,8-9H2,1-7H3. The van der Waals surface area contributed by atoms with Crippen molar-refractivity contribution in [2.24, 2.45) is 28.6 Å². The number of hydrogen-bond acceptors (Lipinski definition) is 0. The molecule has 16 heavy (non-hydrogen) atoms. The molecule has 0 bridgehead atoms. The largest absolute Gasteiger partial charge is 0.0769 e. The van der Waals surface area contributed by atoms with E-state index in [2.05, 4.69) is 48.5 Å². The first kappa shape index (κ1) is 12.2. The SMILES string of the molecule is CC(C)=C(C)C1(C)CC(C)(C)C2CC2C1C. The molecule has 0 saturated heterocycles. The van der Waals surface area contributed by atoms with Crippen LogP contribution in [0, 0.1) is 28.6 Å². The smallest absolute Gasteiger partial charge is 0.00831 e. The fraction of sp³-hybridized carbons (Fsp3) is 0.875. The highest BCUT2D eigenvalue weighted by molar-refractivity contribution is 5.23. The summed E-state index contributed by atoms with van der Waals surface area (Å²) in [6, 6.07) is 0. The Bertz CT molecular complexity index is 330. The number of rotatable bonds is 1. The van der Waals surface area contributed by atoms with Crippen molar-refractivity contribution in [1.29, 1.82) is 0 Å². The molecule has 92 valence electrons. The molecule has 0 N–H and O–H groups in total. The van der Waals surface area contributed by atoms with Crippen LogP contribution in [0.15, 0.2) is 11.1 Å². The topological polar surface area (TPSA) is 0 Å². The third kappa shape index (κ3) is 1.57. The lowest BCUT2D eigenvalue weighted by atomic mass is 9.56. The van der Waals surface area contributed by atoms with E-state index in [-0.39, 0.29) is 0 Å². The van der Waals surface area contributed by atoms with E-state index in [1.807, 2.05) is 0 Å². The highest BCUT2D eigenvalue weighted by Crippen LogP contribution is 2.68. The average molecular weight is 220 g/mol. The van der Waals surface area contributed by atoms with Gasteiger partial charge in [-0.1, -0.05) is 38.8 Å². The molecule has 2 rings (SSSR count). The van der Waals surface area contributed by atoms with Gasteiger partial charge in [-0.25, -0.2) is 0 Å². The van der Waals surface area contributed by atoms with E-state index in [1.165, 1.54) is 18.4 Å². The van der Waals surface area contributed by atoms with Crippen LogP contribution < -0.4 is 0 Å². The third-order valence-corrected chi connectivity index (χ3v) is 5.92. The predicted octanol–water partition coefficient (Wildman–Crippen LogP) is 5.05. The molecule has 0 heteroatoms. The van der Waals surface area contributed by atoms with E-state index < -0.39 is 0 Å². The molecule has 4 unspecified atom stereocenters. The summed E-state index contributed by atoms with van der Waals surface area (Å²) in [5, 5.41) is 0. The van der Waals surface area contributed by atoms with E-state index in [0.29, 0.717) is 10.8 Å². The van der Waals surface area contributed by atoms with Gasteiger partial charge in [0.2, 0.25) is 0 Å². The van der Waals surface area contributed by atoms with Gasteiger partial charge in [-0.15, -0.1) is 0 Å². The quantitative estimate of drug-likeness (QED) is 0.542. The number of hydrogen-bond donors (Lipinski definition) is 0. The molecule has 0 aromatic rings. The van der Waals surface area contributed by atoms with E-state index in [4.69, 9.17) is 0 Å². The highest BCUT2D eigenvalue weighted by Gasteiger charge is 2.60. The Hall–Kier alpha value is -0.260. The third-order valence-electron chi connectivity index (χ3n) is 5.92. The van der Waals surface area contributed by atoms with Gasteiger partial charge in [0.1, 0.15) is 0 Å². The summed E-state index contributed by atoms with van der Waals surface area (Å²) in [7, 11) is 0. The Morgan fingerprint density at radius 2 is 1.62 bits per heavy atom. The van der Waals surface area contributed by atoms with Gasteiger partial charge in [0.15, 0.2) is 0 Å². The second-order valence-electron chi connectivity index (χ2n) is 7.50. The van der Waals surface area contributed by atoms with Crippen LogP contribution in [0.2, 0.25) is 0 Å². The first-order valence-corrected chi connectivity index (χ1v) is 6.84. The maximum Gasteiger partial charge on any atom is -0.00831 e. The van der Waals surface area contributed by atoms with Gasteiger partial charge in [0.05, 0.1) is 0 Å². The fourth-order valence-electron chi connectivity index (χ4n) is 4.42. The van der Waals surface area contributed by atoms with Crippen LogP contribution in [0.5, 0.6) is 0 Å². The van der Waals surface area contributed by atoms with Crippen LogP contribution in [-0.4, -0.2) is 0 Å². The molecule has 0 aliphatic heterocycles. The summed E-state index contributed by atoms with van der Waals surface area (Å²) >= 11 is 0. The Morgan fingerprint density at radius 1 is 1.06 bits per heavy atom. The van der Waals surface area contributed by atoms with Crippen molar-refractivity contribution in [3.8, 4) is 0 Å². The van der Waals surface area contributed by atoms with Crippen molar-refractivity contribution in [1.82, 2.24) is 0 Å². The molecular formula is C16H28. The summed E-state index contributed by atoms with van der Waals surface area (Å²) in [5.41, 5.74) is 4.19. The minimum atomic E-state index is 0.444. The molecule has 2 aliphatic carbocycles. The summed E-state index contributed by atoms with van der Waals surface area (Å²) in [6.45, 7) is 16.9. The van der Waals surface area contributed by atoms with E-state index in [0.717, 1.165) is 17.8 Å². The molecule has 0 amide bonds. The molecular weight excluding hydrogens is 192 g/mol. The Balaban J connectivity index is 2.37. The molecule has 4 atom stereocenters. The van der Waals surface area contributed by atoms with Gasteiger partial charge >= 0.3 is 0 Å². The molecule has 2 saturated carbocycles. The monoisotopic (exact) mass is 220 g/mol. The lowest BCUT2D eigenvalue weighted by Gasteiger charge is -2.48. The van der Waals surface area contributed by atoms with Crippen LogP contribution in [0.1, 0.15) is 61.3 Å². The van der Waals surface area contributed by atoms with Gasteiger partial charge in [-0.05, 0) is 62.2 Å². The summed E-state index contributed by atoms with van der Waals surface area (Å²) in [6.07, 6.45) is 2.86. The predicted molar refractivity (Wildman–Crippen MR) is 71.3 cm³/mol. The van der Waals surface area contributed by atoms with Gasteiger partial charge in [0.25, 0.3) is 0 Å². The molecule has 0 aromatic heterocycles. The van der Waals surface area contributed by atoms with Gasteiger partial charge in [-0.3, -0.25) is 0 Å². The summed E-state index contributed by atoms with van der Waals surface area (Å²) in [4.78, 5) is 0. The Kier molecular flexibility index (Phi) is 2.57. The van der Waals surface area contributed by atoms with Crippen LogP contribution in [-0.2, 0) is 0 Å². The molecule has 0 aromatic carbocycles. The van der Waals surface area contributed by atoms with E-state index in [9.17, 15) is 0 Å². The van der Waals surface area contributed by atoms with Crippen molar-refractivity contribution in [3.05, 3.63) is 11.1 Å². The minimum absolute atomic E-state index is 0.444. The van der Waals surface area contributed by atoms with Crippen LogP contribution in [0.25, 0.3) is 0 Å². The summed E-state index contributed by atoms with van der Waals surface area (Å²) < 4.78 is 0. The molecule has 0 heterocycles. The second-order valence-corrected chi connectivity index (χ2v) is 7.50. The van der Waals surface area contributed by atoms with Gasteiger partial charge in [-0.2, -0.15) is 0 Å². The molecule has 2 aliphatic rings. The average Bonchev–Trinajstić information content (AvgIpc) is 2.92. The van der Waals surface area contributed by atoms with Gasteiger partial charge in [0, 0.05) is 0 Å². The lowest BCUT2D eigenvalue weighted by molar-refractivity contribution is 0.0606. The van der Waals surface area contributed by atoms with Crippen molar-refractivity contribution in [3.63, 3.8) is 0 Å². The van der Waals surface area contributed by atoms with Crippen LogP contribution in [0.4, 0.5) is 0 Å². The van der Waals surface area contributed by atoms with Crippen LogP contribution >= 0.6 is 0 Å². The van der Waals surface area contributed by atoms with Gasteiger partial charge < -0.3 is 0 Å². The molecule has 0 nitrogen and oxygen atoms in total. The zero-order chi connectivity index (χ0) is 12.3. The van der Waals surface area contributed by atoms with Crippen molar-refractivity contribution in [2.45, 2.75) is 61.3 Å². The maximum absolute atomic E-state index is 2.51. The Labute approximate surface area is 102 Å². The molecule has 2 fully saturated rings. The summed E-state index contributed by atoms with van der Waals surface area (Å²) in [5.74, 6) is 2.89. The minimum Gasteiger partial charge on any atom is -0.0769 e. The van der Waals surface area contributed by atoms with E-state index >= 15 is 0 Å². The Morgan fingerprint density at radius 3 is 2.12 bits per heavy atom. The van der Waals surface area contributed by atoms with Crippen LogP contribution in [0.3, 0.4) is 0 Å². The van der Waals surface area contributed by atoms with E-state index in [1.54, 1.807) is 5.57 Å². The van der Waals surface area contributed by atoms with Crippen molar-refractivity contribution >= 4 is 0 Å². The van der Waals surface area contributed by atoms with Crippen molar-refractivity contribution in [2.75, 3.05) is 0 Å². The highest BCUT2D eigenvalue weighted by atomic mass is 14.6. The zero-order valence-electron chi connectivity index (χ0n) is 12.1. The molecule has 0 radical (unpaired) electrons. The number of allylic oxidation sites excluding steroid dienone is 2. The second kappa shape index (κ2) is 3.37. The lowest BCUT2D eigenvalue weighted by Crippen LogP contribution is -2.40. The fourth-order valence-corrected chi connectivity index (χ4v) is 4.42. The van der Waals surface area contributed by atoms with Crippen molar-refractivity contribution < 1.29 is 0 Å². The first-order valence-electron chi connectivity index (χ1n) is 6.84. The molecule has 0 spiro atoms. The number of fused-ring (bicyclic) bond motifs is 1.